The summed E-state index contributed by atoms with van der Waals surface area (Å²) in [5.41, 5.74) is 3.68. The van der Waals surface area contributed by atoms with Crippen molar-refractivity contribution in [2.75, 3.05) is 0 Å². The summed E-state index contributed by atoms with van der Waals surface area (Å²) in [5, 5.41) is 2.57. The summed E-state index contributed by atoms with van der Waals surface area (Å²) in [4.78, 5) is 4.02. The van der Waals surface area contributed by atoms with E-state index >= 15 is 0 Å². The highest BCUT2D eigenvalue weighted by Gasteiger charge is 1.95. The number of hydrogen-bond acceptors (Lipinski definition) is 1. The van der Waals surface area contributed by atoms with Crippen LogP contribution in [0.15, 0.2) is 60.9 Å². The lowest BCUT2D eigenvalue weighted by Crippen LogP contribution is -1.78. The Kier molecular flexibility index (Phi) is 3.11. The molecule has 19 heavy (non-hydrogen) atoms. The van der Waals surface area contributed by atoms with E-state index in [1.54, 1.807) is 0 Å². The van der Waals surface area contributed by atoms with Gasteiger partial charge in [-0.25, -0.2) is 0 Å². The molecule has 1 nitrogen and oxygen atoms in total. The van der Waals surface area contributed by atoms with Gasteiger partial charge in [0.2, 0.25) is 0 Å². The molecule has 0 bridgehead atoms. The highest BCUT2D eigenvalue weighted by molar-refractivity contribution is 5.86. The van der Waals surface area contributed by atoms with Gasteiger partial charge in [0.15, 0.2) is 0 Å². The lowest BCUT2D eigenvalue weighted by molar-refractivity contribution is 1.32. The molecule has 0 atom stereocenters. The van der Waals surface area contributed by atoms with Crippen molar-refractivity contribution in [3.63, 3.8) is 0 Å². The second-order valence-electron chi connectivity index (χ2n) is 4.72. The molecule has 0 spiro atoms. The monoisotopic (exact) mass is 245 g/mol. The summed E-state index contributed by atoms with van der Waals surface area (Å²) in [5.74, 6) is 0. The predicted octanol–water partition coefficient (Wildman–Crippen LogP) is 4.71. The molecule has 0 unspecified atom stereocenters. The van der Waals surface area contributed by atoms with Gasteiger partial charge in [0.1, 0.15) is 0 Å². The van der Waals surface area contributed by atoms with E-state index in [9.17, 15) is 0 Å². The van der Waals surface area contributed by atoms with Gasteiger partial charge in [0.05, 0.1) is 0 Å². The first-order chi connectivity index (χ1) is 9.31. The largest absolute Gasteiger partial charge is 0.265 e. The Bertz CT molecular complexity index is 727. The Morgan fingerprint density at radius 2 is 1.42 bits per heavy atom. The number of rotatable bonds is 2. The van der Waals surface area contributed by atoms with Crippen molar-refractivity contribution in [1.82, 2.24) is 4.98 Å². The van der Waals surface area contributed by atoms with Crippen LogP contribution in [0.2, 0.25) is 0 Å². The molecule has 0 amide bonds. The van der Waals surface area contributed by atoms with Crippen LogP contribution in [0.1, 0.15) is 16.7 Å². The van der Waals surface area contributed by atoms with E-state index < -0.39 is 0 Å². The van der Waals surface area contributed by atoms with Crippen LogP contribution in [0.25, 0.3) is 22.9 Å². The third kappa shape index (κ3) is 2.71. The van der Waals surface area contributed by atoms with Crippen LogP contribution in [-0.2, 0) is 0 Å². The van der Waals surface area contributed by atoms with Crippen LogP contribution in [0.3, 0.4) is 0 Å². The Hall–Kier alpha value is -2.41. The fourth-order valence-corrected chi connectivity index (χ4v) is 2.15. The quantitative estimate of drug-likeness (QED) is 0.637. The molecule has 0 aliphatic rings. The Morgan fingerprint density at radius 1 is 0.737 bits per heavy atom. The second-order valence-corrected chi connectivity index (χ2v) is 4.72. The molecule has 0 N–H and O–H groups in total. The fraction of sp³-hybridized carbons (Fsp3) is 0.0556. The molecule has 0 aliphatic heterocycles. The first-order valence-electron chi connectivity index (χ1n) is 6.40. The van der Waals surface area contributed by atoms with E-state index in [1.807, 2.05) is 24.5 Å². The highest BCUT2D eigenvalue weighted by Crippen LogP contribution is 2.19. The Labute approximate surface area is 113 Å². The number of nitrogens with zero attached hydrogens (tertiary/aromatic N) is 1. The molecule has 0 aliphatic carbocycles. The average molecular weight is 245 g/mol. The van der Waals surface area contributed by atoms with Crippen LogP contribution >= 0.6 is 0 Å². The van der Waals surface area contributed by atoms with Crippen molar-refractivity contribution in [1.29, 1.82) is 0 Å². The normalized spacial score (nSPS) is 11.2. The van der Waals surface area contributed by atoms with Gasteiger partial charge in [-0.2, -0.15) is 0 Å². The third-order valence-corrected chi connectivity index (χ3v) is 3.19. The number of hydrogen-bond donors (Lipinski definition) is 0. The molecule has 0 fully saturated rings. The molecule has 0 saturated carbocycles. The number of aryl methyl sites for hydroxylation is 1. The zero-order valence-corrected chi connectivity index (χ0v) is 10.9. The summed E-state index contributed by atoms with van der Waals surface area (Å²) < 4.78 is 0. The maximum Gasteiger partial charge on any atom is 0.0273 e. The minimum absolute atomic E-state index is 1.17. The van der Waals surface area contributed by atoms with Crippen LogP contribution in [0, 0.1) is 6.92 Å². The molecular weight excluding hydrogens is 230 g/mol. The lowest BCUT2D eigenvalue weighted by Gasteiger charge is -2.01. The van der Waals surface area contributed by atoms with Crippen molar-refractivity contribution >= 4 is 22.9 Å². The Morgan fingerprint density at radius 3 is 2.26 bits per heavy atom. The smallest absolute Gasteiger partial charge is 0.0273 e. The summed E-state index contributed by atoms with van der Waals surface area (Å²) in [6, 6.07) is 17.1. The minimum Gasteiger partial charge on any atom is -0.265 e. The first kappa shape index (κ1) is 11.7. The van der Waals surface area contributed by atoms with Gasteiger partial charge in [-0.3, -0.25) is 4.98 Å². The van der Waals surface area contributed by atoms with Crippen LogP contribution < -0.4 is 0 Å². The first-order valence-corrected chi connectivity index (χ1v) is 6.40. The molecule has 1 heteroatoms. The van der Waals surface area contributed by atoms with E-state index in [4.69, 9.17) is 0 Å². The topological polar surface area (TPSA) is 12.9 Å². The van der Waals surface area contributed by atoms with E-state index in [0.717, 1.165) is 0 Å². The highest BCUT2D eigenvalue weighted by atomic mass is 14.6. The third-order valence-electron chi connectivity index (χ3n) is 3.19. The zero-order valence-electron chi connectivity index (χ0n) is 10.9. The molecule has 3 rings (SSSR count). The fourth-order valence-electron chi connectivity index (χ4n) is 2.15. The molecule has 0 saturated heterocycles. The van der Waals surface area contributed by atoms with Crippen LogP contribution in [0.4, 0.5) is 0 Å². The molecule has 1 aromatic heterocycles. The maximum absolute atomic E-state index is 4.02. The van der Waals surface area contributed by atoms with Crippen molar-refractivity contribution in [3.05, 3.63) is 77.6 Å². The lowest BCUT2D eigenvalue weighted by atomic mass is 10.0. The number of aromatic nitrogens is 1. The van der Waals surface area contributed by atoms with Crippen LogP contribution in [0.5, 0.6) is 0 Å². The van der Waals surface area contributed by atoms with E-state index in [-0.39, 0.29) is 0 Å². The van der Waals surface area contributed by atoms with E-state index in [1.165, 1.54) is 27.5 Å². The SMILES string of the molecule is Cc1ccc2cc(/C=C/c3ccncc3)ccc2c1. The summed E-state index contributed by atoms with van der Waals surface area (Å²) >= 11 is 0. The summed E-state index contributed by atoms with van der Waals surface area (Å²) in [6.07, 6.45) is 7.86. The van der Waals surface area contributed by atoms with Crippen molar-refractivity contribution in [2.45, 2.75) is 6.92 Å². The summed E-state index contributed by atoms with van der Waals surface area (Å²) in [6.45, 7) is 2.12. The van der Waals surface area contributed by atoms with Crippen molar-refractivity contribution in [2.24, 2.45) is 0 Å². The maximum atomic E-state index is 4.02. The second kappa shape index (κ2) is 5.07. The number of benzene rings is 2. The minimum atomic E-state index is 1.17. The van der Waals surface area contributed by atoms with Gasteiger partial charge in [0.25, 0.3) is 0 Å². The van der Waals surface area contributed by atoms with Crippen LogP contribution in [-0.4, -0.2) is 4.98 Å². The Balaban J connectivity index is 1.94. The molecule has 0 radical (unpaired) electrons. The van der Waals surface area contributed by atoms with Gasteiger partial charge in [0, 0.05) is 12.4 Å². The average Bonchev–Trinajstić information content (AvgIpc) is 2.46. The zero-order chi connectivity index (χ0) is 13.1. The number of pyridine rings is 1. The standard InChI is InChI=1S/C18H15N/c1-14-2-6-18-13-16(5-7-17(18)12-14)4-3-15-8-10-19-11-9-15/h2-13H,1H3/b4-3+. The molecule has 1 heterocycles. The van der Waals surface area contributed by atoms with Gasteiger partial charge in [-0.15, -0.1) is 0 Å². The van der Waals surface area contributed by atoms with Crippen molar-refractivity contribution in [3.8, 4) is 0 Å². The van der Waals surface area contributed by atoms with E-state index in [2.05, 4.69) is 60.5 Å². The molecule has 2 aromatic carbocycles. The van der Waals surface area contributed by atoms with Crippen molar-refractivity contribution < 1.29 is 0 Å². The van der Waals surface area contributed by atoms with Gasteiger partial charge in [-0.05, 0) is 47.0 Å². The molecular formula is C18H15N. The molecule has 92 valence electrons. The summed E-state index contributed by atoms with van der Waals surface area (Å²) in [7, 11) is 0. The predicted molar refractivity (Wildman–Crippen MR) is 81.9 cm³/mol. The van der Waals surface area contributed by atoms with Gasteiger partial charge < -0.3 is 0 Å². The van der Waals surface area contributed by atoms with Gasteiger partial charge in [-0.1, -0.05) is 48.0 Å². The van der Waals surface area contributed by atoms with E-state index in [0.29, 0.717) is 0 Å². The molecule has 3 aromatic rings. The van der Waals surface area contributed by atoms with Gasteiger partial charge >= 0.3 is 0 Å². The number of fused-ring (bicyclic) bond motifs is 1.